The summed E-state index contributed by atoms with van der Waals surface area (Å²) in [6.07, 6.45) is 2.13. The average Bonchev–Trinajstić information content (AvgIpc) is 2.62. The molecule has 0 aliphatic carbocycles. The summed E-state index contributed by atoms with van der Waals surface area (Å²) in [5, 5.41) is 0. The zero-order valence-electron chi connectivity index (χ0n) is 10.0. The van der Waals surface area contributed by atoms with E-state index in [-0.39, 0.29) is 18.1 Å². The number of aromatic nitrogens is 1. The quantitative estimate of drug-likeness (QED) is 0.717. The molecule has 0 spiro atoms. The minimum atomic E-state index is 0.0921. The summed E-state index contributed by atoms with van der Waals surface area (Å²) in [5.41, 5.74) is 0.737. The Balaban J connectivity index is 2.13. The van der Waals surface area contributed by atoms with Crippen LogP contribution in [0.2, 0.25) is 0 Å². The van der Waals surface area contributed by atoms with Crippen LogP contribution in [0, 0.1) is 0 Å². The van der Waals surface area contributed by atoms with Gasteiger partial charge in [0.1, 0.15) is 5.69 Å². The Labute approximate surface area is 95.8 Å². The van der Waals surface area contributed by atoms with E-state index in [2.05, 4.69) is 0 Å². The van der Waals surface area contributed by atoms with Crippen LogP contribution in [-0.4, -0.2) is 40.7 Å². The second kappa shape index (κ2) is 4.29. The van der Waals surface area contributed by atoms with Gasteiger partial charge in [-0.25, -0.2) is 0 Å². The number of morpholine rings is 1. The lowest BCUT2D eigenvalue weighted by atomic mass is 10.2. The molecule has 1 aromatic rings. The van der Waals surface area contributed by atoms with Gasteiger partial charge in [-0.15, -0.1) is 0 Å². The van der Waals surface area contributed by atoms with E-state index in [1.807, 2.05) is 48.7 Å². The summed E-state index contributed by atoms with van der Waals surface area (Å²) in [7, 11) is 1.89. The highest BCUT2D eigenvalue weighted by Crippen LogP contribution is 2.14. The van der Waals surface area contributed by atoms with Crippen molar-refractivity contribution in [1.29, 1.82) is 0 Å². The standard InChI is InChI=1S/C12H18N2O2/c1-9-7-14(8-10(2)16-9)12(15)11-5-4-6-13(11)3/h4-6,9-10H,7-8H2,1-3H3. The van der Waals surface area contributed by atoms with Crippen LogP contribution in [0.1, 0.15) is 24.3 Å². The average molecular weight is 222 g/mol. The van der Waals surface area contributed by atoms with E-state index in [9.17, 15) is 4.79 Å². The van der Waals surface area contributed by atoms with Crippen molar-refractivity contribution in [3.63, 3.8) is 0 Å². The zero-order chi connectivity index (χ0) is 11.7. The summed E-state index contributed by atoms with van der Waals surface area (Å²) in [4.78, 5) is 14.1. The summed E-state index contributed by atoms with van der Waals surface area (Å²) in [5.74, 6) is 0.0921. The first-order chi connectivity index (χ1) is 7.58. The van der Waals surface area contributed by atoms with Crippen molar-refractivity contribution in [3.8, 4) is 0 Å². The Morgan fingerprint density at radius 3 is 2.50 bits per heavy atom. The summed E-state index contributed by atoms with van der Waals surface area (Å²) in [6.45, 7) is 5.35. The fourth-order valence-corrected chi connectivity index (χ4v) is 2.19. The van der Waals surface area contributed by atoms with Crippen LogP contribution in [0.25, 0.3) is 0 Å². The van der Waals surface area contributed by atoms with Gasteiger partial charge in [-0.2, -0.15) is 0 Å². The number of nitrogens with zero attached hydrogens (tertiary/aromatic N) is 2. The van der Waals surface area contributed by atoms with Gasteiger partial charge >= 0.3 is 0 Å². The number of rotatable bonds is 1. The molecule has 1 amide bonds. The van der Waals surface area contributed by atoms with Gasteiger partial charge in [-0.05, 0) is 26.0 Å². The number of aryl methyl sites for hydroxylation is 1. The first-order valence-electron chi connectivity index (χ1n) is 5.64. The molecule has 0 aromatic carbocycles. The molecule has 1 saturated heterocycles. The highest BCUT2D eigenvalue weighted by molar-refractivity contribution is 5.92. The summed E-state index contributed by atoms with van der Waals surface area (Å²) < 4.78 is 7.47. The van der Waals surface area contributed by atoms with Gasteiger partial charge in [0, 0.05) is 26.3 Å². The normalized spacial score (nSPS) is 25.8. The third-order valence-electron chi connectivity index (χ3n) is 2.87. The number of carbonyl (C=O) groups is 1. The van der Waals surface area contributed by atoms with E-state index in [1.165, 1.54) is 0 Å². The molecule has 0 saturated carbocycles. The third kappa shape index (κ3) is 2.11. The maximum absolute atomic E-state index is 12.2. The molecule has 1 aromatic heterocycles. The van der Waals surface area contributed by atoms with Gasteiger partial charge < -0.3 is 14.2 Å². The molecule has 1 aliphatic rings. The van der Waals surface area contributed by atoms with Crippen molar-refractivity contribution >= 4 is 5.91 Å². The lowest BCUT2D eigenvalue weighted by molar-refractivity contribution is -0.0588. The maximum atomic E-state index is 12.2. The molecule has 0 bridgehead atoms. The van der Waals surface area contributed by atoms with Gasteiger partial charge in [0.05, 0.1) is 12.2 Å². The van der Waals surface area contributed by atoms with E-state index < -0.39 is 0 Å². The number of amides is 1. The van der Waals surface area contributed by atoms with Crippen molar-refractivity contribution in [2.75, 3.05) is 13.1 Å². The van der Waals surface area contributed by atoms with Crippen LogP contribution in [0.5, 0.6) is 0 Å². The van der Waals surface area contributed by atoms with Crippen LogP contribution in [0.3, 0.4) is 0 Å². The fourth-order valence-electron chi connectivity index (χ4n) is 2.19. The van der Waals surface area contributed by atoms with E-state index in [1.54, 1.807) is 0 Å². The Hall–Kier alpha value is -1.29. The van der Waals surface area contributed by atoms with Crippen molar-refractivity contribution in [3.05, 3.63) is 24.0 Å². The lowest BCUT2D eigenvalue weighted by Gasteiger charge is -2.35. The molecule has 2 heterocycles. The molecule has 88 valence electrons. The molecule has 2 unspecified atom stereocenters. The number of ether oxygens (including phenoxy) is 1. The molecule has 2 atom stereocenters. The second-order valence-corrected chi connectivity index (χ2v) is 4.47. The van der Waals surface area contributed by atoms with Gasteiger partial charge in [0.15, 0.2) is 0 Å². The van der Waals surface area contributed by atoms with Gasteiger partial charge in [0.25, 0.3) is 5.91 Å². The Bertz CT molecular complexity index is 376. The van der Waals surface area contributed by atoms with E-state index >= 15 is 0 Å². The fraction of sp³-hybridized carbons (Fsp3) is 0.583. The molecule has 1 fully saturated rings. The Kier molecular flexibility index (Phi) is 3.01. The summed E-state index contributed by atoms with van der Waals surface area (Å²) >= 11 is 0. The van der Waals surface area contributed by atoms with Crippen LogP contribution in [0.15, 0.2) is 18.3 Å². The van der Waals surface area contributed by atoms with Crippen LogP contribution in [-0.2, 0) is 11.8 Å². The molecule has 0 radical (unpaired) electrons. The highest BCUT2D eigenvalue weighted by Gasteiger charge is 2.27. The minimum Gasteiger partial charge on any atom is -0.372 e. The third-order valence-corrected chi connectivity index (χ3v) is 2.87. The molecular formula is C12H18N2O2. The monoisotopic (exact) mass is 222 g/mol. The maximum Gasteiger partial charge on any atom is 0.270 e. The van der Waals surface area contributed by atoms with E-state index in [0.29, 0.717) is 13.1 Å². The largest absolute Gasteiger partial charge is 0.372 e. The zero-order valence-corrected chi connectivity index (χ0v) is 10.0. The van der Waals surface area contributed by atoms with E-state index in [0.717, 1.165) is 5.69 Å². The molecule has 16 heavy (non-hydrogen) atoms. The molecule has 1 aliphatic heterocycles. The molecule has 2 rings (SSSR count). The summed E-state index contributed by atoms with van der Waals surface area (Å²) in [6, 6.07) is 3.74. The van der Waals surface area contributed by atoms with Crippen molar-refractivity contribution in [2.24, 2.45) is 7.05 Å². The molecule has 4 nitrogen and oxygen atoms in total. The lowest BCUT2D eigenvalue weighted by Crippen LogP contribution is -2.48. The predicted octanol–water partition coefficient (Wildman–Crippen LogP) is 1.27. The minimum absolute atomic E-state index is 0.0921. The topological polar surface area (TPSA) is 34.5 Å². The smallest absolute Gasteiger partial charge is 0.270 e. The van der Waals surface area contributed by atoms with Crippen molar-refractivity contribution in [2.45, 2.75) is 26.1 Å². The van der Waals surface area contributed by atoms with E-state index in [4.69, 9.17) is 4.74 Å². The van der Waals surface area contributed by atoms with Crippen molar-refractivity contribution < 1.29 is 9.53 Å². The number of carbonyl (C=O) groups excluding carboxylic acids is 1. The van der Waals surface area contributed by atoms with Crippen LogP contribution in [0.4, 0.5) is 0 Å². The highest BCUT2D eigenvalue weighted by atomic mass is 16.5. The SMILES string of the molecule is CC1CN(C(=O)c2cccn2C)CC(C)O1. The Morgan fingerprint density at radius 1 is 1.38 bits per heavy atom. The second-order valence-electron chi connectivity index (χ2n) is 4.47. The number of hydrogen-bond acceptors (Lipinski definition) is 2. The van der Waals surface area contributed by atoms with Gasteiger partial charge in [-0.1, -0.05) is 0 Å². The molecule has 4 heteroatoms. The van der Waals surface area contributed by atoms with Crippen molar-refractivity contribution in [1.82, 2.24) is 9.47 Å². The number of hydrogen-bond donors (Lipinski definition) is 0. The van der Waals surface area contributed by atoms with Gasteiger partial charge in [-0.3, -0.25) is 4.79 Å². The molecule has 0 N–H and O–H groups in total. The molecular weight excluding hydrogens is 204 g/mol. The first-order valence-corrected chi connectivity index (χ1v) is 5.64. The van der Waals surface area contributed by atoms with Gasteiger partial charge in [0.2, 0.25) is 0 Å². The first kappa shape index (κ1) is 11.2. The van der Waals surface area contributed by atoms with Crippen LogP contribution >= 0.6 is 0 Å². The van der Waals surface area contributed by atoms with Crippen LogP contribution < -0.4 is 0 Å². The Morgan fingerprint density at radius 2 is 2.00 bits per heavy atom. The predicted molar refractivity (Wildman–Crippen MR) is 61.3 cm³/mol.